The zero-order chi connectivity index (χ0) is 17.9. The van der Waals surface area contributed by atoms with Gasteiger partial charge in [0, 0.05) is 16.8 Å². The fourth-order valence-corrected chi connectivity index (χ4v) is 3.38. The van der Waals surface area contributed by atoms with E-state index in [1.807, 2.05) is 12.1 Å². The van der Waals surface area contributed by atoms with Gasteiger partial charge >= 0.3 is 0 Å². The highest BCUT2D eigenvalue weighted by Crippen LogP contribution is 2.30. The summed E-state index contributed by atoms with van der Waals surface area (Å²) < 4.78 is 0. The van der Waals surface area contributed by atoms with E-state index in [1.54, 1.807) is 24.5 Å². The van der Waals surface area contributed by atoms with Gasteiger partial charge in [0.2, 0.25) is 5.91 Å². The summed E-state index contributed by atoms with van der Waals surface area (Å²) in [5.74, 6) is 0.523. The second kappa shape index (κ2) is 6.84. The predicted octanol–water partition coefficient (Wildman–Crippen LogP) is 2.41. The number of aryl methyl sites for hydroxylation is 1. The van der Waals surface area contributed by atoms with Crippen molar-refractivity contribution in [2.24, 2.45) is 0 Å². The van der Waals surface area contributed by atoms with Gasteiger partial charge in [-0.25, -0.2) is 4.98 Å². The minimum Gasteiger partial charge on any atom is -0.348 e. The third-order valence-corrected chi connectivity index (χ3v) is 4.72. The van der Waals surface area contributed by atoms with Crippen LogP contribution in [0.4, 0.5) is 0 Å². The third-order valence-electron chi connectivity index (χ3n) is 4.72. The monoisotopic (exact) mass is 346 g/mol. The van der Waals surface area contributed by atoms with Crippen LogP contribution in [0, 0.1) is 11.3 Å². The van der Waals surface area contributed by atoms with E-state index in [4.69, 9.17) is 5.26 Å². The van der Waals surface area contributed by atoms with Gasteiger partial charge in [-0.05, 0) is 31.4 Å². The molecule has 1 atom stereocenters. The van der Waals surface area contributed by atoms with Gasteiger partial charge < -0.3 is 10.3 Å². The molecular formula is C19H18N6O. The first-order valence-corrected chi connectivity index (χ1v) is 8.59. The largest absolute Gasteiger partial charge is 0.348 e. The van der Waals surface area contributed by atoms with Crippen molar-refractivity contribution in [3.8, 4) is 17.3 Å². The molecule has 1 aliphatic carbocycles. The highest BCUT2D eigenvalue weighted by atomic mass is 16.1. The standard InChI is InChI=1S/C19H18N6O/c20-8-12-3-1-4-13(7-12)17-10-21-18(24-17)11-22-19(26)14-5-2-6-16-15(14)9-23-25-16/h1,3-4,7,9-10,14H,2,5-6,11H2,(H,21,24)(H,22,26)(H,23,25)/t14-/m1/s1. The van der Waals surface area contributed by atoms with Crippen LogP contribution in [0.3, 0.4) is 0 Å². The van der Waals surface area contributed by atoms with Gasteiger partial charge in [0.05, 0.1) is 42.2 Å². The van der Waals surface area contributed by atoms with Gasteiger partial charge in [0.1, 0.15) is 5.82 Å². The van der Waals surface area contributed by atoms with Crippen molar-refractivity contribution in [1.29, 1.82) is 5.26 Å². The zero-order valence-corrected chi connectivity index (χ0v) is 14.1. The fraction of sp³-hybridized carbons (Fsp3) is 0.263. The molecular weight excluding hydrogens is 328 g/mol. The summed E-state index contributed by atoms with van der Waals surface area (Å²) in [6, 6.07) is 9.44. The molecule has 7 nitrogen and oxygen atoms in total. The first kappa shape index (κ1) is 16.1. The van der Waals surface area contributed by atoms with Crippen LogP contribution < -0.4 is 5.32 Å². The topological polar surface area (TPSA) is 110 Å². The number of rotatable bonds is 4. The smallest absolute Gasteiger partial charge is 0.228 e. The molecule has 0 saturated carbocycles. The van der Waals surface area contributed by atoms with Gasteiger partial charge in [0.15, 0.2) is 0 Å². The zero-order valence-electron chi connectivity index (χ0n) is 14.1. The van der Waals surface area contributed by atoms with Crippen LogP contribution in [0.25, 0.3) is 11.3 Å². The second-order valence-electron chi connectivity index (χ2n) is 6.40. The van der Waals surface area contributed by atoms with Crippen LogP contribution in [-0.2, 0) is 17.8 Å². The highest BCUT2D eigenvalue weighted by Gasteiger charge is 2.27. The maximum atomic E-state index is 12.6. The Bertz CT molecular complexity index is 980. The van der Waals surface area contributed by atoms with Crippen molar-refractivity contribution >= 4 is 5.91 Å². The average molecular weight is 346 g/mol. The first-order valence-electron chi connectivity index (χ1n) is 8.59. The summed E-state index contributed by atoms with van der Waals surface area (Å²) in [7, 11) is 0. The van der Waals surface area contributed by atoms with Crippen molar-refractivity contribution in [3.63, 3.8) is 0 Å². The number of hydrogen-bond donors (Lipinski definition) is 3. The molecule has 3 aromatic rings. The van der Waals surface area contributed by atoms with Crippen LogP contribution in [0.1, 0.15) is 41.4 Å². The van der Waals surface area contributed by atoms with E-state index in [2.05, 4.69) is 31.6 Å². The van der Waals surface area contributed by atoms with Crippen molar-refractivity contribution in [1.82, 2.24) is 25.5 Å². The third kappa shape index (κ3) is 3.09. The van der Waals surface area contributed by atoms with E-state index in [1.165, 1.54) is 0 Å². The lowest BCUT2D eigenvalue weighted by molar-refractivity contribution is -0.123. The number of aromatic amines is 2. The maximum absolute atomic E-state index is 12.6. The molecule has 1 amide bonds. The minimum atomic E-state index is -0.153. The van der Waals surface area contributed by atoms with Crippen LogP contribution in [0.2, 0.25) is 0 Å². The van der Waals surface area contributed by atoms with Crippen molar-refractivity contribution in [2.75, 3.05) is 0 Å². The number of imidazole rings is 1. The number of nitrogens with zero attached hydrogens (tertiary/aromatic N) is 3. The van der Waals surface area contributed by atoms with Gasteiger partial charge in [-0.2, -0.15) is 10.4 Å². The lowest BCUT2D eigenvalue weighted by Gasteiger charge is -2.20. The van der Waals surface area contributed by atoms with E-state index in [0.717, 1.165) is 41.8 Å². The molecule has 0 spiro atoms. The first-order chi connectivity index (χ1) is 12.7. The molecule has 1 aromatic carbocycles. The number of aromatic nitrogens is 4. The van der Waals surface area contributed by atoms with E-state index in [0.29, 0.717) is 17.9 Å². The minimum absolute atomic E-state index is 0.00298. The normalized spacial score (nSPS) is 15.9. The molecule has 1 aliphatic rings. The number of nitrogens with one attached hydrogen (secondary N) is 3. The molecule has 0 aliphatic heterocycles. The second-order valence-corrected chi connectivity index (χ2v) is 6.40. The number of carbonyl (C=O) groups excluding carboxylic acids is 1. The van der Waals surface area contributed by atoms with Gasteiger partial charge in [0.25, 0.3) is 0 Å². The van der Waals surface area contributed by atoms with E-state index >= 15 is 0 Å². The lowest BCUT2D eigenvalue weighted by Crippen LogP contribution is -2.31. The van der Waals surface area contributed by atoms with E-state index in [9.17, 15) is 4.79 Å². The van der Waals surface area contributed by atoms with E-state index < -0.39 is 0 Å². The number of hydrogen-bond acceptors (Lipinski definition) is 4. The van der Waals surface area contributed by atoms with Crippen LogP contribution in [0.15, 0.2) is 36.7 Å². The molecule has 7 heteroatoms. The summed E-state index contributed by atoms with van der Waals surface area (Å²) in [6.07, 6.45) is 6.23. The number of H-pyrrole nitrogens is 2. The summed E-state index contributed by atoms with van der Waals surface area (Å²) in [5.41, 5.74) is 4.38. The Morgan fingerprint density at radius 2 is 2.31 bits per heavy atom. The van der Waals surface area contributed by atoms with E-state index in [-0.39, 0.29) is 11.8 Å². The number of carbonyl (C=O) groups is 1. The van der Waals surface area contributed by atoms with Gasteiger partial charge in [-0.15, -0.1) is 0 Å². The number of nitriles is 1. The molecule has 0 saturated heterocycles. The quantitative estimate of drug-likeness (QED) is 0.673. The Morgan fingerprint density at radius 3 is 3.19 bits per heavy atom. The highest BCUT2D eigenvalue weighted by molar-refractivity contribution is 5.84. The number of fused-ring (bicyclic) bond motifs is 1. The van der Waals surface area contributed by atoms with Crippen LogP contribution in [-0.4, -0.2) is 26.1 Å². The summed E-state index contributed by atoms with van der Waals surface area (Å²) in [4.78, 5) is 20.1. The number of amides is 1. The number of benzene rings is 1. The van der Waals surface area contributed by atoms with Crippen LogP contribution in [0.5, 0.6) is 0 Å². The van der Waals surface area contributed by atoms with Crippen LogP contribution >= 0.6 is 0 Å². The molecule has 4 rings (SSSR count). The fourth-order valence-electron chi connectivity index (χ4n) is 3.38. The lowest BCUT2D eigenvalue weighted by atomic mass is 9.86. The Labute approximate surface area is 150 Å². The Hall–Kier alpha value is -3.40. The summed E-state index contributed by atoms with van der Waals surface area (Å²) in [6.45, 7) is 0.334. The molecule has 0 unspecified atom stereocenters. The Kier molecular flexibility index (Phi) is 4.23. The SMILES string of the molecule is N#Cc1cccc(-c2cnc(CNC(=O)[C@@H]3CCCc4[nH]ncc43)[nH]2)c1. The van der Waals surface area contributed by atoms with Crippen molar-refractivity contribution in [2.45, 2.75) is 31.7 Å². The van der Waals surface area contributed by atoms with Crippen molar-refractivity contribution in [3.05, 3.63) is 59.3 Å². The molecule has 0 radical (unpaired) electrons. The average Bonchev–Trinajstić information content (AvgIpc) is 3.35. The maximum Gasteiger partial charge on any atom is 0.228 e. The van der Waals surface area contributed by atoms with Crippen molar-refractivity contribution < 1.29 is 4.79 Å². The Balaban J connectivity index is 1.42. The molecule has 130 valence electrons. The predicted molar refractivity (Wildman–Crippen MR) is 94.9 cm³/mol. The molecule has 26 heavy (non-hydrogen) atoms. The molecule has 0 fully saturated rings. The Morgan fingerprint density at radius 1 is 1.38 bits per heavy atom. The van der Waals surface area contributed by atoms with Gasteiger partial charge in [-0.1, -0.05) is 12.1 Å². The molecule has 0 bridgehead atoms. The summed E-state index contributed by atoms with van der Waals surface area (Å²) in [5, 5.41) is 19.0. The molecule has 3 N–H and O–H groups in total. The van der Waals surface area contributed by atoms with Gasteiger partial charge in [-0.3, -0.25) is 9.89 Å². The molecule has 2 aromatic heterocycles. The molecule has 2 heterocycles. The summed E-state index contributed by atoms with van der Waals surface area (Å²) >= 11 is 0.